The molecule has 2 fully saturated rings. The Bertz CT molecular complexity index is 592. The molecule has 3 atom stereocenters. The predicted molar refractivity (Wildman–Crippen MR) is 132 cm³/mol. The smallest absolute Gasteiger partial charge is 0.00979 e. The molecule has 1 aliphatic heterocycles. The fourth-order valence-electron chi connectivity index (χ4n) is 5.78. The van der Waals surface area contributed by atoms with Crippen molar-refractivity contribution in [3.05, 3.63) is 34.9 Å². The van der Waals surface area contributed by atoms with E-state index in [1.165, 1.54) is 116 Å². The van der Waals surface area contributed by atoms with Crippen molar-refractivity contribution >= 4 is 0 Å². The number of benzene rings is 1. The molecule has 3 aliphatic rings. The van der Waals surface area contributed by atoms with Gasteiger partial charge in [-0.25, -0.2) is 0 Å². The molecule has 3 unspecified atom stereocenters. The summed E-state index contributed by atoms with van der Waals surface area (Å²) in [6, 6.07) is 8.82. The number of fused-ring (bicyclic) bond motifs is 2. The van der Waals surface area contributed by atoms with E-state index in [0.29, 0.717) is 0 Å². The van der Waals surface area contributed by atoms with Crippen LogP contribution in [0.15, 0.2) is 18.2 Å². The summed E-state index contributed by atoms with van der Waals surface area (Å²) in [5.74, 6) is 1.03. The zero-order chi connectivity index (χ0) is 21.0. The summed E-state index contributed by atoms with van der Waals surface area (Å²) in [6.45, 7) is 4.57. The lowest BCUT2D eigenvalue weighted by molar-refractivity contribution is 0.170. The highest BCUT2D eigenvalue weighted by molar-refractivity contribution is 5.38. The molecule has 4 rings (SSSR count). The zero-order valence-corrected chi connectivity index (χ0v) is 20.2. The summed E-state index contributed by atoms with van der Waals surface area (Å²) in [4.78, 5) is 0. The van der Waals surface area contributed by atoms with E-state index in [-0.39, 0.29) is 0 Å². The minimum atomic E-state index is 0.858. The van der Waals surface area contributed by atoms with Crippen LogP contribution in [0.5, 0.6) is 0 Å². The Balaban J connectivity index is 0.000000172. The van der Waals surface area contributed by atoms with E-state index in [2.05, 4.69) is 37.4 Å². The normalized spacial score (nSPS) is 24.8. The van der Waals surface area contributed by atoms with Gasteiger partial charge in [-0.15, -0.1) is 0 Å². The van der Waals surface area contributed by atoms with Gasteiger partial charge in [0.1, 0.15) is 0 Å². The molecule has 1 heteroatoms. The quantitative estimate of drug-likeness (QED) is 0.383. The Hall–Kier alpha value is -0.820. The van der Waals surface area contributed by atoms with Crippen LogP contribution < -0.4 is 5.32 Å². The molecule has 1 saturated carbocycles. The van der Waals surface area contributed by atoms with Crippen molar-refractivity contribution in [2.45, 2.75) is 142 Å². The van der Waals surface area contributed by atoms with Crippen molar-refractivity contribution in [2.24, 2.45) is 5.92 Å². The number of hydrogen-bond donors (Lipinski definition) is 1. The summed E-state index contributed by atoms with van der Waals surface area (Å²) in [5, 5.41) is 3.93. The van der Waals surface area contributed by atoms with Gasteiger partial charge in [-0.1, -0.05) is 89.8 Å². The van der Waals surface area contributed by atoms with Gasteiger partial charge in [-0.2, -0.15) is 0 Å². The summed E-state index contributed by atoms with van der Waals surface area (Å²) in [7, 11) is 0. The Morgan fingerprint density at radius 1 is 0.767 bits per heavy atom. The molecule has 170 valence electrons. The van der Waals surface area contributed by atoms with Crippen LogP contribution in [-0.4, -0.2) is 12.1 Å². The first-order valence-electron chi connectivity index (χ1n) is 13.7. The van der Waals surface area contributed by atoms with Crippen molar-refractivity contribution < 1.29 is 0 Å². The molecule has 2 aliphatic carbocycles. The molecule has 0 aromatic heterocycles. The van der Waals surface area contributed by atoms with Crippen LogP contribution >= 0.6 is 0 Å². The van der Waals surface area contributed by atoms with E-state index in [1.807, 2.05) is 0 Å². The number of rotatable bonds is 10. The average Bonchev–Trinajstić information content (AvgIpc) is 2.76. The second-order valence-electron chi connectivity index (χ2n) is 10.4. The molecule has 0 radical (unpaired) electrons. The topological polar surface area (TPSA) is 12.0 Å². The van der Waals surface area contributed by atoms with Gasteiger partial charge in [0, 0.05) is 12.1 Å². The van der Waals surface area contributed by atoms with Gasteiger partial charge in [-0.05, 0) is 80.4 Å². The number of piperidine rings is 1. The van der Waals surface area contributed by atoms with Crippen molar-refractivity contribution in [3.63, 3.8) is 0 Å². The molecular formula is C29H49N. The minimum absolute atomic E-state index is 0.858. The van der Waals surface area contributed by atoms with E-state index >= 15 is 0 Å². The number of unbranched alkanes of at least 4 members (excludes halogenated alkanes) is 6. The number of nitrogens with one attached hydrogen (secondary N) is 1. The van der Waals surface area contributed by atoms with E-state index in [0.717, 1.165) is 18.0 Å². The maximum Gasteiger partial charge on any atom is 0.00979 e. The van der Waals surface area contributed by atoms with Gasteiger partial charge in [0.15, 0.2) is 0 Å². The molecule has 1 saturated heterocycles. The molecule has 0 spiro atoms. The van der Waals surface area contributed by atoms with Gasteiger partial charge in [-0.3, -0.25) is 0 Å². The standard InChI is InChI=1S/C15H29N.C14H20/c1-2-3-4-5-9-14-12-11-13-8-6-7-10-15(13)16-14;1-2-3-4-5-6-12-7-8-13-9-10-14(13)11-12/h13-16H,2-12H2,1H3;7-8,11H,2-6,9-10H2,1H3. The molecule has 1 aromatic carbocycles. The van der Waals surface area contributed by atoms with Crippen molar-refractivity contribution in [2.75, 3.05) is 0 Å². The average molecular weight is 412 g/mol. The first-order valence-corrected chi connectivity index (χ1v) is 13.7. The molecule has 30 heavy (non-hydrogen) atoms. The number of hydrogen-bond acceptors (Lipinski definition) is 1. The van der Waals surface area contributed by atoms with Crippen molar-refractivity contribution in [1.82, 2.24) is 5.32 Å². The van der Waals surface area contributed by atoms with Gasteiger partial charge in [0.25, 0.3) is 0 Å². The summed E-state index contributed by atoms with van der Waals surface area (Å²) in [5.41, 5.74) is 4.75. The van der Waals surface area contributed by atoms with Crippen LogP contribution in [0.3, 0.4) is 0 Å². The zero-order valence-electron chi connectivity index (χ0n) is 20.2. The van der Waals surface area contributed by atoms with Crippen LogP contribution in [0.2, 0.25) is 0 Å². The minimum Gasteiger partial charge on any atom is -0.311 e. The van der Waals surface area contributed by atoms with Crippen LogP contribution in [0.1, 0.15) is 127 Å². The van der Waals surface area contributed by atoms with E-state index in [4.69, 9.17) is 0 Å². The lowest BCUT2D eigenvalue weighted by Crippen LogP contribution is -2.48. The van der Waals surface area contributed by atoms with Crippen LogP contribution in [-0.2, 0) is 19.3 Å². The van der Waals surface area contributed by atoms with Gasteiger partial charge >= 0.3 is 0 Å². The largest absolute Gasteiger partial charge is 0.311 e. The number of aryl methyl sites for hydroxylation is 3. The molecule has 0 bridgehead atoms. The third kappa shape index (κ3) is 7.70. The molecule has 1 N–H and O–H groups in total. The second kappa shape index (κ2) is 13.6. The van der Waals surface area contributed by atoms with Gasteiger partial charge in [0.05, 0.1) is 0 Å². The highest BCUT2D eigenvalue weighted by Crippen LogP contribution is 2.33. The van der Waals surface area contributed by atoms with Crippen LogP contribution in [0, 0.1) is 5.92 Å². The Morgan fingerprint density at radius 3 is 2.27 bits per heavy atom. The SMILES string of the molecule is CCCCCCC1CCC2CCCCC2N1.CCCCCCc1ccc2c(c1)CC2. The first-order chi connectivity index (χ1) is 14.8. The van der Waals surface area contributed by atoms with Gasteiger partial charge in [0.2, 0.25) is 0 Å². The van der Waals surface area contributed by atoms with Crippen LogP contribution in [0.25, 0.3) is 0 Å². The molecule has 1 nitrogen and oxygen atoms in total. The third-order valence-corrected chi connectivity index (χ3v) is 7.90. The Kier molecular flexibility index (Phi) is 10.8. The van der Waals surface area contributed by atoms with E-state index in [9.17, 15) is 0 Å². The second-order valence-corrected chi connectivity index (χ2v) is 10.4. The highest BCUT2D eigenvalue weighted by Gasteiger charge is 2.30. The summed E-state index contributed by atoms with van der Waals surface area (Å²) < 4.78 is 0. The Labute approximate surface area is 187 Å². The van der Waals surface area contributed by atoms with E-state index in [1.54, 1.807) is 16.7 Å². The fraction of sp³-hybridized carbons (Fsp3) is 0.793. The summed E-state index contributed by atoms with van der Waals surface area (Å²) in [6.07, 6.45) is 25.4. The Morgan fingerprint density at radius 2 is 1.53 bits per heavy atom. The third-order valence-electron chi connectivity index (χ3n) is 7.90. The van der Waals surface area contributed by atoms with Gasteiger partial charge < -0.3 is 5.32 Å². The van der Waals surface area contributed by atoms with Crippen molar-refractivity contribution in [1.29, 1.82) is 0 Å². The monoisotopic (exact) mass is 411 g/mol. The van der Waals surface area contributed by atoms with Crippen molar-refractivity contribution in [3.8, 4) is 0 Å². The molecule has 1 heterocycles. The lowest BCUT2D eigenvalue weighted by atomic mass is 9.77. The van der Waals surface area contributed by atoms with Crippen LogP contribution in [0.4, 0.5) is 0 Å². The first kappa shape index (κ1) is 23.8. The maximum atomic E-state index is 3.93. The maximum absolute atomic E-state index is 3.93. The predicted octanol–water partition coefficient (Wildman–Crippen LogP) is 8.18. The molecule has 0 amide bonds. The molecule has 1 aromatic rings. The lowest BCUT2D eigenvalue weighted by Gasteiger charge is -2.40. The summed E-state index contributed by atoms with van der Waals surface area (Å²) >= 11 is 0. The highest BCUT2D eigenvalue weighted by atomic mass is 15.0. The molecular weight excluding hydrogens is 362 g/mol. The fourth-order valence-corrected chi connectivity index (χ4v) is 5.78. The van der Waals surface area contributed by atoms with E-state index < -0.39 is 0 Å².